The van der Waals surface area contributed by atoms with E-state index >= 15 is 0 Å². The van der Waals surface area contributed by atoms with E-state index in [1.165, 1.54) is 12.8 Å². The summed E-state index contributed by atoms with van der Waals surface area (Å²) in [6, 6.07) is 2.52. The summed E-state index contributed by atoms with van der Waals surface area (Å²) in [6.45, 7) is 5.57. The second-order valence-electron chi connectivity index (χ2n) is 5.04. The van der Waals surface area contributed by atoms with Crippen molar-refractivity contribution in [3.63, 3.8) is 0 Å². The van der Waals surface area contributed by atoms with Gasteiger partial charge < -0.3 is 10.2 Å². The lowest BCUT2D eigenvalue weighted by Gasteiger charge is -2.28. The highest BCUT2D eigenvalue weighted by molar-refractivity contribution is 7.98. The van der Waals surface area contributed by atoms with Gasteiger partial charge in [0.2, 0.25) is 0 Å². The topological polar surface area (TPSA) is 41.0 Å². The van der Waals surface area contributed by atoms with Crippen LogP contribution < -0.4 is 10.2 Å². The molecule has 1 aromatic rings. The lowest BCUT2D eigenvalue weighted by molar-refractivity contribution is 0.632. The van der Waals surface area contributed by atoms with Gasteiger partial charge in [-0.25, -0.2) is 9.97 Å². The summed E-state index contributed by atoms with van der Waals surface area (Å²) in [4.78, 5) is 11.4. The zero-order chi connectivity index (χ0) is 13.1. The van der Waals surface area contributed by atoms with Crippen LogP contribution in [0.5, 0.6) is 0 Å². The second kappa shape index (κ2) is 5.78. The molecule has 0 bridgehead atoms. The number of thioether (sulfide) groups is 1. The van der Waals surface area contributed by atoms with Gasteiger partial charge in [-0.3, -0.25) is 0 Å². The van der Waals surface area contributed by atoms with Crippen molar-refractivity contribution in [2.75, 3.05) is 30.1 Å². The molecule has 0 unspecified atom stereocenters. The summed E-state index contributed by atoms with van der Waals surface area (Å²) in [6.07, 6.45) is 4.74. The molecule has 0 spiro atoms. The maximum Gasteiger partial charge on any atom is 0.191 e. The molecule has 1 heterocycles. The van der Waals surface area contributed by atoms with Gasteiger partial charge >= 0.3 is 0 Å². The summed E-state index contributed by atoms with van der Waals surface area (Å²) in [5, 5.41) is 3.95. The molecule has 4 nitrogen and oxygen atoms in total. The summed E-state index contributed by atoms with van der Waals surface area (Å²) < 4.78 is 0. The molecular weight excluding hydrogens is 244 g/mol. The predicted octanol–water partition coefficient (Wildman–Crippen LogP) is 2.87. The van der Waals surface area contributed by atoms with E-state index in [0.717, 1.165) is 29.3 Å². The van der Waals surface area contributed by atoms with E-state index in [1.807, 2.05) is 19.4 Å². The van der Waals surface area contributed by atoms with Crippen LogP contribution in [0.15, 0.2) is 11.2 Å². The summed E-state index contributed by atoms with van der Waals surface area (Å²) in [5.74, 6) is 2.80. The number of nitrogens with zero attached hydrogens (tertiary/aromatic N) is 3. The van der Waals surface area contributed by atoms with Gasteiger partial charge in [-0.05, 0) is 38.9 Å². The van der Waals surface area contributed by atoms with E-state index in [1.54, 1.807) is 11.8 Å². The third-order valence-corrected chi connectivity index (χ3v) is 3.75. The van der Waals surface area contributed by atoms with Crippen molar-refractivity contribution in [3.8, 4) is 0 Å². The van der Waals surface area contributed by atoms with E-state index in [9.17, 15) is 0 Å². The van der Waals surface area contributed by atoms with Gasteiger partial charge in [0, 0.05) is 25.7 Å². The van der Waals surface area contributed by atoms with Crippen molar-refractivity contribution in [1.82, 2.24) is 9.97 Å². The van der Waals surface area contributed by atoms with E-state index in [0.29, 0.717) is 6.04 Å². The third-order valence-electron chi connectivity index (χ3n) is 3.20. The lowest BCUT2D eigenvalue weighted by Crippen LogP contribution is -2.33. The Balaban J connectivity index is 2.26. The van der Waals surface area contributed by atoms with Crippen LogP contribution in [0.3, 0.4) is 0 Å². The third kappa shape index (κ3) is 3.28. The normalized spacial score (nSPS) is 14.9. The summed E-state index contributed by atoms with van der Waals surface area (Å²) >= 11 is 1.59. The Labute approximate surface area is 114 Å². The average Bonchev–Trinajstić information content (AvgIpc) is 3.18. The van der Waals surface area contributed by atoms with Crippen molar-refractivity contribution in [2.24, 2.45) is 5.92 Å². The van der Waals surface area contributed by atoms with Crippen molar-refractivity contribution < 1.29 is 0 Å². The molecule has 1 aliphatic carbocycles. The van der Waals surface area contributed by atoms with Crippen LogP contribution >= 0.6 is 11.8 Å². The Morgan fingerprint density at radius 1 is 1.44 bits per heavy atom. The second-order valence-corrected chi connectivity index (χ2v) is 5.81. The Kier molecular flexibility index (Phi) is 4.32. The van der Waals surface area contributed by atoms with Crippen molar-refractivity contribution in [1.29, 1.82) is 0 Å². The largest absolute Gasteiger partial charge is 0.373 e. The molecule has 0 saturated heterocycles. The first-order chi connectivity index (χ1) is 8.63. The molecule has 1 aliphatic rings. The first-order valence-corrected chi connectivity index (χ1v) is 7.74. The molecule has 5 heteroatoms. The van der Waals surface area contributed by atoms with Gasteiger partial charge in [0.15, 0.2) is 5.16 Å². The molecule has 0 aliphatic heterocycles. The Morgan fingerprint density at radius 2 is 2.17 bits per heavy atom. The maximum atomic E-state index is 4.64. The molecule has 0 amide bonds. The minimum Gasteiger partial charge on any atom is -0.373 e. The zero-order valence-electron chi connectivity index (χ0n) is 11.6. The predicted molar refractivity (Wildman–Crippen MR) is 78.6 cm³/mol. The molecule has 18 heavy (non-hydrogen) atoms. The van der Waals surface area contributed by atoms with E-state index in [4.69, 9.17) is 0 Å². The van der Waals surface area contributed by atoms with Gasteiger partial charge in [-0.2, -0.15) is 0 Å². The quantitative estimate of drug-likeness (QED) is 0.633. The van der Waals surface area contributed by atoms with Crippen LogP contribution in [0.1, 0.15) is 26.7 Å². The van der Waals surface area contributed by atoms with E-state index in [2.05, 4.69) is 34.0 Å². The minimum absolute atomic E-state index is 0.472. The van der Waals surface area contributed by atoms with Gasteiger partial charge in [0.05, 0.1) is 0 Å². The van der Waals surface area contributed by atoms with E-state index < -0.39 is 0 Å². The first-order valence-electron chi connectivity index (χ1n) is 6.51. The number of hydrogen-bond donors (Lipinski definition) is 1. The van der Waals surface area contributed by atoms with Crippen LogP contribution in [-0.4, -0.2) is 35.9 Å². The number of nitrogens with one attached hydrogen (secondary N) is 1. The summed E-state index contributed by atoms with van der Waals surface area (Å²) in [7, 11) is 1.90. The zero-order valence-corrected chi connectivity index (χ0v) is 12.4. The average molecular weight is 266 g/mol. The fraction of sp³-hybridized carbons (Fsp3) is 0.692. The Hall–Kier alpha value is -0.970. The van der Waals surface area contributed by atoms with E-state index in [-0.39, 0.29) is 0 Å². The fourth-order valence-corrected chi connectivity index (χ4v) is 2.30. The van der Waals surface area contributed by atoms with Crippen LogP contribution in [0.25, 0.3) is 0 Å². The highest BCUT2D eigenvalue weighted by atomic mass is 32.2. The fourth-order valence-electron chi connectivity index (χ4n) is 1.93. The van der Waals surface area contributed by atoms with Gasteiger partial charge in [0.25, 0.3) is 0 Å². The van der Waals surface area contributed by atoms with Gasteiger partial charge in [-0.1, -0.05) is 11.8 Å². The molecule has 1 saturated carbocycles. The lowest BCUT2D eigenvalue weighted by atomic mass is 10.2. The molecule has 1 fully saturated rings. The highest BCUT2D eigenvalue weighted by Gasteiger charge is 2.26. The molecule has 100 valence electrons. The van der Waals surface area contributed by atoms with Crippen LogP contribution in [0, 0.1) is 5.92 Å². The first kappa shape index (κ1) is 13.5. The number of hydrogen-bond acceptors (Lipinski definition) is 5. The SMILES string of the molecule is CNc1cc(N(CC2CC2)C(C)C)nc(SC)n1. The standard InChI is InChI=1S/C13H22N4S/c1-9(2)17(8-10-5-6-10)12-7-11(14-3)15-13(16-12)18-4/h7,9-10H,5-6,8H2,1-4H3,(H,14,15,16). The minimum atomic E-state index is 0.472. The smallest absolute Gasteiger partial charge is 0.191 e. The maximum absolute atomic E-state index is 4.64. The molecule has 1 aromatic heterocycles. The van der Waals surface area contributed by atoms with Crippen LogP contribution in [0.2, 0.25) is 0 Å². The Morgan fingerprint density at radius 3 is 2.67 bits per heavy atom. The molecule has 0 aromatic carbocycles. The molecular formula is C13H22N4S. The highest BCUT2D eigenvalue weighted by Crippen LogP contribution is 2.32. The van der Waals surface area contributed by atoms with Crippen molar-refractivity contribution >= 4 is 23.4 Å². The molecule has 2 rings (SSSR count). The van der Waals surface area contributed by atoms with Crippen LogP contribution in [0.4, 0.5) is 11.6 Å². The molecule has 1 N–H and O–H groups in total. The van der Waals surface area contributed by atoms with Gasteiger partial charge in [0.1, 0.15) is 11.6 Å². The summed E-state index contributed by atoms with van der Waals surface area (Å²) in [5.41, 5.74) is 0. The monoisotopic (exact) mass is 266 g/mol. The number of aromatic nitrogens is 2. The Bertz CT molecular complexity index is 382. The van der Waals surface area contributed by atoms with Crippen molar-refractivity contribution in [3.05, 3.63) is 6.07 Å². The van der Waals surface area contributed by atoms with Crippen LogP contribution in [-0.2, 0) is 0 Å². The van der Waals surface area contributed by atoms with Gasteiger partial charge in [-0.15, -0.1) is 0 Å². The molecule has 0 radical (unpaired) electrons. The number of rotatable bonds is 6. The van der Waals surface area contributed by atoms with Crippen molar-refractivity contribution in [2.45, 2.75) is 37.9 Å². The molecule has 0 atom stereocenters. The number of anilines is 2.